The van der Waals surface area contributed by atoms with Crippen molar-refractivity contribution in [3.63, 3.8) is 0 Å². The van der Waals surface area contributed by atoms with Gasteiger partial charge in [-0.3, -0.25) is 19.7 Å². The van der Waals surface area contributed by atoms with E-state index in [0.29, 0.717) is 22.6 Å². The largest absolute Gasteiger partial charge is 0.493 e. The fraction of sp³-hybridized carbons (Fsp3) is 0.200. The summed E-state index contributed by atoms with van der Waals surface area (Å²) >= 11 is 1.00. The van der Waals surface area contributed by atoms with Crippen LogP contribution in [0.5, 0.6) is 11.5 Å². The van der Waals surface area contributed by atoms with Crippen molar-refractivity contribution in [2.24, 2.45) is 10.2 Å². The molecule has 166 valence electrons. The van der Waals surface area contributed by atoms with Crippen LogP contribution in [0, 0.1) is 10.1 Å². The number of nitro groups is 1. The van der Waals surface area contributed by atoms with Gasteiger partial charge in [-0.2, -0.15) is 5.10 Å². The van der Waals surface area contributed by atoms with Crippen LogP contribution >= 0.6 is 11.8 Å². The Morgan fingerprint density at radius 1 is 1.31 bits per heavy atom. The number of hydrogen-bond acceptors (Lipinski definition) is 9. The quantitative estimate of drug-likeness (QED) is 0.330. The molecule has 1 heterocycles. The molecule has 1 saturated heterocycles. The lowest BCUT2D eigenvalue weighted by Crippen LogP contribution is -2.26. The predicted molar refractivity (Wildman–Crippen MR) is 117 cm³/mol. The number of benzene rings is 2. The van der Waals surface area contributed by atoms with Crippen molar-refractivity contribution in [3.05, 3.63) is 63.7 Å². The molecule has 0 aliphatic carbocycles. The number of methoxy groups -OCH3 is 1. The lowest BCUT2D eigenvalue weighted by atomic mass is 10.2. The van der Waals surface area contributed by atoms with Crippen LogP contribution in [0.25, 0.3) is 0 Å². The maximum absolute atomic E-state index is 11.7. The third-order valence-electron chi connectivity index (χ3n) is 4.25. The van der Waals surface area contributed by atoms with Crippen molar-refractivity contribution in [2.45, 2.75) is 18.3 Å². The van der Waals surface area contributed by atoms with Crippen molar-refractivity contribution in [3.8, 4) is 11.5 Å². The van der Waals surface area contributed by atoms with E-state index in [9.17, 15) is 19.7 Å². The molecule has 1 atom stereocenters. The SMILES string of the molecule is COc1cc(C=NN=C2NC(=O)C(CC(=O)O)S2)ccc1OCc1ccccc1[N+](=O)[O-]. The highest BCUT2D eigenvalue weighted by atomic mass is 32.2. The van der Waals surface area contributed by atoms with Gasteiger partial charge in [-0.1, -0.05) is 23.9 Å². The summed E-state index contributed by atoms with van der Waals surface area (Å²) in [5, 5.41) is 29.7. The Kier molecular flexibility index (Phi) is 7.39. The Morgan fingerprint density at radius 3 is 2.81 bits per heavy atom. The number of carbonyl (C=O) groups is 2. The number of carboxylic acids is 1. The van der Waals surface area contributed by atoms with Gasteiger partial charge in [0, 0.05) is 6.07 Å². The van der Waals surface area contributed by atoms with E-state index in [2.05, 4.69) is 15.5 Å². The maximum Gasteiger partial charge on any atom is 0.305 e. The van der Waals surface area contributed by atoms with Crippen LogP contribution in [0.2, 0.25) is 0 Å². The molecule has 0 bridgehead atoms. The number of ether oxygens (including phenoxy) is 2. The molecule has 1 unspecified atom stereocenters. The molecule has 0 radical (unpaired) electrons. The summed E-state index contributed by atoms with van der Waals surface area (Å²) in [4.78, 5) is 33.1. The summed E-state index contributed by atoms with van der Waals surface area (Å²) in [5.74, 6) is -0.707. The second-order valence-electron chi connectivity index (χ2n) is 6.43. The fourth-order valence-corrected chi connectivity index (χ4v) is 3.66. The van der Waals surface area contributed by atoms with E-state index in [-0.39, 0.29) is 23.9 Å². The molecule has 1 aliphatic heterocycles. The van der Waals surface area contributed by atoms with Crippen LogP contribution in [0.4, 0.5) is 5.69 Å². The second kappa shape index (κ2) is 10.4. The minimum atomic E-state index is -1.07. The highest BCUT2D eigenvalue weighted by Crippen LogP contribution is 2.29. The van der Waals surface area contributed by atoms with E-state index in [1.165, 1.54) is 19.4 Å². The fourth-order valence-electron chi connectivity index (χ4n) is 2.74. The number of hydrogen-bond donors (Lipinski definition) is 2. The highest BCUT2D eigenvalue weighted by Gasteiger charge is 2.32. The molecule has 3 rings (SSSR count). The van der Waals surface area contributed by atoms with Crippen molar-refractivity contribution >= 4 is 40.7 Å². The van der Waals surface area contributed by atoms with Crippen molar-refractivity contribution in [2.75, 3.05) is 7.11 Å². The van der Waals surface area contributed by atoms with Crippen LogP contribution in [0.15, 0.2) is 52.7 Å². The zero-order chi connectivity index (χ0) is 23.1. The van der Waals surface area contributed by atoms with Crippen LogP contribution in [0.3, 0.4) is 0 Å². The Labute approximate surface area is 186 Å². The van der Waals surface area contributed by atoms with Crippen molar-refractivity contribution in [1.82, 2.24) is 5.32 Å². The molecule has 1 aliphatic rings. The predicted octanol–water partition coefficient (Wildman–Crippen LogP) is 2.58. The minimum Gasteiger partial charge on any atom is -0.493 e. The van der Waals surface area contributed by atoms with Crippen LogP contribution in [-0.4, -0.2) is 45.6 Å². The van der Waals surface area contributed by atoms with Gasteiger partial charge in [-0.05, 0) is 29.8 Å². The van der Waals surface area contributed by atoms with Gasteiger partial charge < -0.3 is 19.9 Å². The van der Waals surface area contributed by atoms with Gasteiger partial charge in [-0.25, -0.2) is 0 Å². The Morgan fingerprint density at radius 2 is 2.09 bits per heavy atom. The Hall–Kier alpha value is -3.93. The molecule has 1 amide bonds. The minimum absolute atomic E-state index is 0.0109. The summed E-state index contributed by atoms with van der Waals surface area (Å²) < 4.78 is 11.0. The summed E-state index contributed by atoms with van der Waals surface area (Å²) in [7, 11) is 1.46. The number of nitro benzene ring substituents is 1. The number of rotatable bonds is 9. The van der Waals surface area contributed by atoms with Gasteiger partial charge in [0.1, 0.15) is 11.9 Å². The molecule has 1 fully saturated rings. The summed E-state index contributed by atoms with van der Waals surface area (Å²) in [6, 6.07) is 11.3. The molecule has 2 aromatic carbocycles. The van der Waals surface area contributed by atoms with Crippen molar-refractivity contribution in [1.29, 1.82) is 0 Å². The first-order valence-corrected chi connectivity index (χ1v) is 10.1. The first-order valence-electron chi connectivity index (χ1n) is 9.21. The lowest BCUT2D eigenvalue weighted by Gasteiger charge is -2.11. The zero-order valence-electron chi connectivity index (χ0n) is 16.8. The van der Waals surface area contributed by atoms with Crippen molar-refractivity contribution < 1.29 is 29.1 Å². The van der Waals surface area contributed by atoms with Crippen LogP contribution in [-0.2, 0) is 16.2 Å². The molecule has 2 aromatic rings. The maximum atomic E-state index is 11.7. The summed E-state index contributed by atoms with van der Waals surface area (Å²) in [5.41, 5.74) is 1.02. The Bertz CT molecular complexity index is 1100. The smallest absolute Gasteiger partial charge is 0.305 e. The van der Waals surface area contributed by atoms with Gasteiger partial charge >= 0.3 is 5.97 Å². The molecule has 0 saturated carbocycles. The first kappa shape index (κ1) is 22.7. The topological polar surface area (TPSA) is 153 Å². The van der Waals surface area contributed by atoms with Gasteiger partial charge in [0.15, 0.2) is 16.7 Å². The van der Waals surface area contributed by atoms with Gasteiger partial charge in [0.2, 0.25) is 5.91 Å². The third-order valence-corrected chi connectivity index (χ3v) is 5.32. The summed E-state index contributed by atoms with van der Waals surface area (Å²) in [6.45, 7) is -0.0109. The molecule has 32 heavy (non-hydrogen) atoms. The molecule has 0 spiro atoms. The van der Waals surface area contributed by atoms with Gasteiger partial charge in [-0.15, -0.1) is 5.10 Å². The normalized spacial score (nSPS) is 16.8. The second-order valence-corrected chi connectivity index (χ2v) is 7.62. The van der Waals surface area contributed by atoms with E-state index in [1.54, 1.807) is 36.4 Å². The van der Waals surface area contributed by atoms with E-state index < -0.39 is 22.0 Å². The van der Waals surface area contributed by atoms with E-state index >= 15 is 0 Å². The number of para-hydroxylation sites is 1. The molecular weight excluding hydrogens is 440 g/mol. The Balaban J connectivity index is 1.66. The first-order chi connectivity index (χ1) is 15.4. The average molecular weight is 458 g/mol. The number of amidine groups is 1. The monoisotopic (exact) mass is 458 g/mol. The lowest BCUT2D eigenvalue weighted by molar-refractivity contribution is -0.385. The van der Waals surface area contributed by atoms with E-state index in [4.69, 9.17) is 14.6 Å². The molecular formula is C20H18N4O7S. The molecule has 0 aromatic heterocycles. The summed E-state index contributed by atoms with van der Waals surface area (Å²) in [6.07, 6.45) is 1.13. The standard InChI is InChI=1S/C20H18N4O7S/c1-30-16-8-12(10-21-23-20-22-19(27)17(32-20)9-18(25)26)6-7-15(16)31-11-13-4-2-3-5-14(13)24(28)29/h2-8,10,17H,9,11H2,1H3,(H,25,26)(H,22,23,27). The number of nitrogens with zero attached hydrogens (tertiary/aromatic N) is 3. The van der Waals surface area contributed by atoms with E-state index in [1.807, 2.05) is 0 Å². The number of carboxylic acid groups (broad SMARTS) is 1. The average Bonchev–Trinajstić information content (AvgIpc) is 3.11. The number of thioether (sulfide) groups is 1. The number of amides is 1. The van der Waals surface area contributed by atoms with Crippen LogP contribution in [0.1, 0.15) is 17.5 Å². The molecule has 2 N–H and O–H groups in total. The number of carbonyl (C=O) groups excluding carboxylic acids is 1. The molecule has 12 heteroatoms. The number of aliphatic carboxylic acids is 1. The third kappa shape index (κ3) is 5.82. The molecule has 11 nitrogen and oxygen atoms in total. The number of nitrogens with one attached hydrogen (secondary N) is 1. The van der Waals surface area contributed by atoms with Gasteiger partial charge in [0.05, 0.1) is 30.2 Å². The zero-order valence-corrected chi connectivity index (χ0v) is 17.6. The highest BCUT2D eigenvalue weighted by molar-refractivity contribution is 8.15. The van der Waals surface area contributed by atoms with Gasteiger partial charge in [0.25, 0.3) is 5.69 Å². The van der Waals surface area contributed by atoms with E-state index in [0.717, 1.165) is 11.8 Å². The van der Waals surface area contributed by atoms with Crippen LogP contribution < -0.4 is 14.8 Å².